The van der Waals surface area contributed by atoms with Gasteiger partial charge in [0.05, 0.1) is 16.3 Å². The number of hydrogen-bond donors (Lipinski definition) is 1. The van der Waals surface area contributed by atoms with Crippen LogP contribution < -0.4 is 5.32 Å². The molecule has 0 radical (unpaired) electrons. The summed E-state index contributed by atoms with van der Waals surface area (Å²) in [6, 6.07) is 22.1. The van der Waals surface area contributed by atoms with E-state index in [4.69, 9.17) is 4.42 Å². The van der Waals surface area contributed by atoms with Gasteiger partial charge in [-0.05, 0) is 48.4 Å². The van der Waals surface area contributed by atoms with Crippen LogP contribution >= 0.6 is 0 Å². The van der Waals surface area contributed by atoms with Crippen molar-refractivity contribution >= 4 is 20.8 Å². The van der Waals surface area contributed by atoms with Crippen molar-refractivity contribution in [2.75, 3.05) is 6.54 Å². The summed E-state index contributed by atoms with van der Waals surface area (Å²) in [6.07, 6.45) is 0.898. The number of sulfone groups is 1. The number of rotatable bonds is 3. The molecule has 0 fully saturated rings. The molecule has 2 heterocycles. The zero-order valence-corrected chi connectivity index (χ0v) is 16.0. The predicted molar refractivity (Wildman–Crippen MR) is 109 cm³/mol. The van der Waals surface area contributed by atoms with Crippen molar-refractivity contribution in [3.05, 3.63) is 84.1 Å². The van der Waals surface area contributed by atoms with Crippen molar-refractivity contribution in [2.45, 2.75) is 22.8 Å². The summed E-state index contributed by atoms with van der Waals surface area (Å²) in [4.78, 5) is 0.538. The maximum atomic E-state index is 13.1. The number of benzene rings is 3. The van der Waals surface area contributed by atoms with Crippen LogP contribution in [0.1, 0.15) is 11.3 Å². The molecular weight excluding hydrogens is 370 g/mol. The minimum atomic E-state index is -3.61. The van der Waals surface area contributed by atoms with E-state index < -0.39 is 9.84 Å². The van der Waals surface area contributed by atoms with Gasteiger partial charge >= 0.3 is 0 Å². The highest BCUT2D eigenvalue weighted by Crippen LogP contribution is 2.32. The molecule has 1 aromatic heterocycles. The van der Waals surface area contributed by atoms with E-state index >= 15 is 0 Å². The average molecular weight is 389 g/mol. The van der Waals surface area contributed by atoms with E-state index in [0.717, 1.165) is 35.2 Å². The third-order valence-corrected chi connectivity index (χ3v) is 7.03. The Labute approximate surface area is 163 Å². The monoisotopic (exact) mass is 389 g/mol. The van der Waals surface area contributed by atoms with Gasteiger partial charge in [0.25, 0.3) is 0 Å². The van der Waals surface area contributed by atoms with E-state index in [0.29, 0.717) is 12.1 Å². The Morgan fingerprint density at radius 1 is 0.821 bits per heavy atom. The van der Waals surface area contributed by atoms with E-state index in [9.17, 15) is 8.42 Å². The largest absolute Gasteiger partial charge is 0.459 e. The highest BCUT2D eigenvalue weighted by atomic mass is 32.2. The molecule has 0 unspecified atom stereocenters. The molecule has 4 aromatic rings. The third kappa shape index (κ3) is 2.84. The summed E-state index contributed by atoms with van der Waals surface area (Å²) in [5.74, 6) is 0.906. The summed E-state index contributed by atoms with van der Waals surface area (Å²) in [5.41, 5.74) is 3.87. The van der Waals surface area contributed by atoms with Crippen LogP contribution in [-0.2, 0) is 22.8 Å². The van der Waals surface area contributed by atoms with E-state index in [1.807, 2.05) is 48.5 Å². The first-order chi connectivity index (χ1) is 13.6. The molecule has 28 heavy (non-hydrogen) atoms. The van der Waals surface area contributed by atoms with Gasteiger partial charge in [-0.25, -0.2) is 8.42 Å². The molecule has 0 saturated heterocycles. The molecule has 140 valence electrons. The van der Waals surface area contributed by atoms with E-state index in [2.05, 4.69) is 5.32 Å². The normalized spacial score (nSPS) is 14.1. The van der Waals surface area contributed by atoms with Crippen LogP contribution in [-0.4, -0.2) is 15.0 Å². The molecule has 1 aliphatic rings. The number of fused-ring (bicyclic) bond motifs is 3. The molecule has 5 heteroatoms. The van der Waals surface area contributed by atoms with E-state index in [-0.39, 0.29) is 9.79 Å². The fourth-order valence-electron chi connectivity index (χ4n) is 3.77. The van der Waals surface area contributed by atoms with Crippen LogP contribution in [0.4, 0.5) is 0 Å². The summed E-state index contributed by atoms with van der Waals surface area (Å²) in [6.45, 7) is 1.60. The molecule has 3 aromatic carbocycles. The second-order valence-corrected chi connectivity index (χ2v) is 8.93. The minimum Gasteiger partial charge on any atom is -0.459 e. The highest BCUT2D eigenvalue weighted by Gasteiger charge is 2.22. The summed E-state index contributed by atoms with van der Waals surface area (Å²) >= 11 is 0. The van der Waals surface area contributed by atoms with Crippen LogP contribution in [0.25, 0.3) is 22.1 Å². The van der Waals surface area contributed by atoms with Crippen LogP contribution in [0.3, 0.4) is 0 Å². The van der Waals surface area contributed by atoms with Crippen LogP contribution in [0.5, 0.6) is 0 Å². The SMILES string of the molecule is O=S(=O)(c1ccc(-c2ccccc2)cc1)c1ccc2c3c(oc2c1)CNCC3. The van der Waals surface area contributed by atoms with Crippen molar-refractivity contribution in [1.82, 2.24) is 5.32 Å². The van der Waals surface area contributed by atoms with Crippen molar-refractivity contribution in [2.24, 2.45) is 0 Å². The molecule has 0 saturated carbocycles. The Morgan fingerprint density at radius 2 is 1.54 bits per heavy atom. The standard InChI is InChI=1S/C23H19NO3S/c25-28(26,18-8-6-17(7-9-18)16-4-2-1-3-5-16)19-10-11-20-21-12-13-24-15-23(21)27-22(20)14-19/h1-11,14,24H,12-13,15H2. The summed E-state index contributed by atoms with van der Waals surface area (Å²) in [5, 5.41) is 4.29. The molecule has 0 aliphatic carbocycles. The zero-order chi connectivity index (χ0) is 19.1. The smallest absolute Gasteiger partial charge is 0.206 e. The van der Waals surface area contributed by atoms with Crippen LogP contribution in [0.2, 0.25) is 0 Å². The molecule has 5 rings (SSSR count). The Balaban J connectivity index is 1.53. The molecule has 0 bridgehead atoms. The van der Waals surface area contributed by atoms with Gasteiger partial charge < -0.3 is 9.73 Å². The molecule has 1 N–H and O–H groups in total. The molecular formula is C23H19NO3S. The second kappa shape index (κ2) is 6.62. The maximum Gasteiger partial charge on any atom is 0.206 e. The summed E-state index contributed by atoms with van der Waals surface area (Å²) in [7, 11) is -3.61. The molecule has 1 aliphatic heterocycles. The number of nitrogens with one attached hydrogen (secondary N) is 1. The van der Waals surface area contributed by atoms with Gasteiger partial charge in [0.2, 0.25) is 9.84 Å². The number of furan rings is 1. The third-order valence-electron chi connectivity index (χ3n) is 5.27. The Bertz CT molecular complexity index is 1260. The fraction of sp³-hybridized carbons (Fsp3) is 0.130. The Hall–Kier alpha value is -2.89. The van der Waals surface area contributed by atoms with Crippen molar-refractivity contribution in [1.29, 1.82) is 0 Å². The minimum absolute atomic E-state index is 0.256. The highest BCUT2D eigenvalue weighted by molar-refractivity contribution is 7.91. The van der Waals surface area contributed by atoms with Gasteiger partial charge in [0.1, 0.15) is 11.3 Å². The van der Waals surface area contributed by atoms with Crippen molar-refractivity contribution < 1.29 is 12.8 Å². The molecule has 0 spiro atoms. The number of hydrogen-bond acceptors (Lipinski definition) is 4. The zero-order valence-electron chi connectivity index (χ0n) is 15.2. The van der Waals surface area contributed by atoms with E-state index in [1.54, 1.807) is 24.3 Å². The second-order valence-electron chi connectivity index (χ2n) is 6.98. The first-order valence-electron chi connectivity index (χ1n) is 9.28. The van der Waals surface area contributed by atoms with Gasteiger partial charge in [-0.2, -0.15) is 0 Å². The lowest BCUT2D eigenvalue weighted by Crippen LogP contribution is -2.22. The maximum absolute atomic E-state index is 13.1. The Morgan fingerprint density at radius 3 is 2.32 bits per heavy atom. The van der Waals surface area contributed by atoms with Crippen LogP contribution in [0.15, 0.2) is 87.0 Å². The first kappa shape index (κ1) is 17.2. The lowest BCUT2D eigenvalue weighted by Gasteiger charge is -2.10. The van der Waals surface area contributed by atoms with Crippen LogP contribution in [0, 0.1) is 0 Å². The quantitative estimate of drug-likeness (QED) is 0.557. The molecule has 4 nitrogen and oxygen atoms in total. The molecule has 0 amide bonds. The van der Waals surface area contributed by atoms with Gasteiger partial charge in [-0.1, -0.05) is 42.5 Å². The van der Waals surface area contributed by atoms with Crippen molar-refractivity contribution in [3.8, 4) is 11.1 Å². The van der Waals surface area contributed by atoms with Gasteiger partial charge in [0, 0.05) is 17.0 Å². The van der Waals surface area contributed by atoms with E-state index in [1.165, 1.54) is 5.56 Å². The average Bonchev–Trinajstić information content (AvgIpc) is 3.12. The molecule has 0 atom stereocenters. The topological polar surface area (TPSA) is 59.3 Å². The fourth-order valence-corrected chi connectivity index (χ4v) is 5.05. The summed E-state index contributed by atoms with van der Waals surface area (Å²) < 4.78 is 32.1. The predicted octanol–water partition coefficient (Wildman–Crippen LogP) is 4.58. The van der Waals surface area contributed by atoms with Gasteiger partial charge in [0.15, 0.2) is 0 Å². The lowest BCUT2D eigenvalue weighted by atomic mass is 10.1. The lowest BCUT2D eigenvalue weighted by molar-refractivity contribution is 0.487. The first-order valence-corrected chi connectivity index (χ1v) is 10.8. The van der Waals surface area contributed by atoms with Gasteiger partial charge in [-0.15, -0.1) is 0 Å². The Kier molecular flexibility index (Phi) is 4.07. The van der Waals surface area contributed by atoms with Gasteiger partial charge in [-0.3, -0.25) is 0 Å². The van der Waals surface area contributed by atoms with Crippen molar-refractivity contribution in [3.63, 3.8) is 0 Å².